The Labute approximate surface area is 214 Å². The monoisotopic (exact) mass is 513 g/mol. The van der Waals surface area contributed by atoms with Gasteiger partial charge in [0.05, 0.1) is 35.1 Å². The summed E-state index contributed by atoms with van der Waals surface area (Å²) in [6.07, 6.45) is 5.46. The molecule has 36 heavy (non-hydrogen) atoms. The van der Waals surface area contributed by atoms with E-state index in [0.29, 0.717) is 65.2 Å². The maximum absolute atomic E-state index is 13.6. The number of amides is 1. The SMILES string of the molecule is CC=C(C(=O)Nc1cc2c(Nc3ccc(F)c(Cl)c3)ncnc2cc1OCC1CC1)N(C)CCOC. The summed E-state index contributed by atoms with van der Waals surface area (Å²) in [5.41, 5.74) is 2.21. The molecule has 0 spiro atoms. The Morgan fingerprint density at radius 1 is 1.28 bits per heavy atom. The van der Waals surface area contributed by atoms with Crippen LogP contribution >= 0.6 is 11.6 Å². The molecule has 1 heterocycles. The predicted octanol–water partition coefficient (Wildman–Crippen LogP) is 5.38. The molecule has 1 aromatic heterocycles. The van der Waals surface area contributed by atoms with Crippen molar-refractivity contribution in [2.45, 2.75) is 19.8 Å². The molecule has 1 saturated carbocycles. The Hall–Kier alpha value is -3.43. The molecule has 0 unspecified atom stereocenters. The Morgan fingerprint density at radius 2 is 2.08 bits per heavy atom. The molecule has 3 aromatic rings. The summed E-state index contributed by atoms with van der Waals surface area (Å²) in [5.74, 6) is 0.764. The first-order chi connectivity index (χ1) is 17.4. The average Bonchev–Trinajstić information content (AvgIpc) is 3.69. The first-order valence-corrected chi connectivity index (χ1v) is 12.1. The lowest BCUT2D eigenvalue weighted by Gasteiger charge is -2.22. The molecule has 190 valence electrons. The number of allylic oxidation sites excluding steroid dienone is 1. The van der Waals surface area contributed by atoms with Gasteiger partial charge < -0.3 is 25.0 Å². The van der Waals surface area contributed by atoms with Gasteiger partial charge in [0.25, 0.3) is 5.91 Å². The lowest BCUT2D eigenvalue weighted by Crippen LogP contribution is -2.30. The van der Waals surface area contributed by atoms with Crippen LogP contribution in [0.5, 0.6) is 5.75 Å². The molecule has 1 amide bonds. The summed E-state index contributed by atoms with van der Waals surface area (Å²) >= 11 is 5.94. The standard InChI is InChI=1S/C26H29ClFN5O3/c1-4-23(33(2)9-10-35-3)26(34)32-22-12-18-21(13-24(22)36-14-16-5-6-16)29-15-30-25(18)31-17-7-8-20(28)19(27)11-17/h4,7-8,11-13,15-16H,5-6,9-10,14H2,1-3H3,(H,32,34)(H,29,30,31). The van der Waals surface area contributed by atoms with E-state index in [4.69, 9.17) is 21.1 Å². The zero-order chi connectivity index (χ0) is 25.7. The summed E-state index contributed by atoms with van der Waals surface area (Å²) in [6, 6.07) is 7.91. The van der Waals surface area contributed by atoms with Crippen LogP contribution in [0.2, 0.25) is 5.02 Å². The van der Waals surface area contributed by atoms with Gasteiger partial charge in [-0.1, -0.05) is 17.7 Å². The molecule has 1 aliphatic rings. The number of aromatic nitrogens is 2. The highest BCUT2D eigenvalue weighted by Crippen LogP contribution is 2.36. The van der Waals surface area contributed by atoms with Gasteiger partial charge in [0.1, 0.15) is 23.7 Å². The summed E-state index contributed by atoms with van der Waals surface area (Å²) in [6.45, 7) is 3.44. The van der Waals surface area contributed by atoms with Gasteiger partial charge in [-0.2, -0.15) is 0 Å². The molecule has 2 aromatic carbocycles. The number of benzene rings is 2. The number of fused-ring (bicyclic) bond motifs is 1. The average molecular weight is 514 g/mol. The number of methoxy groups -OCH3 is 1. The predicted molar refractivity (Wildman–Crippen MR) is 139 cm³/mol. The van der Waals surface area contributed by atoms with Crippen LogP contribution < -0.4 is 15.4 Å². The van der Waals surface area contributed by atoms with Crippen molar-refractivity contribution in [1.82, 2.24) is 14.9 Å². The molecule has 4 rings (SSSR count). The van der Waals surface area contributed by atoms with Crippen molar-refractivity contribution >= 4 is 45.6 Å². The van der Waals surface area contributed by atoms with Gasteiger partial charge in [-0.15, -0.1) is 0 Å². The van der Waals surface area contributed by atoms with Crippen LogP contribution in [0.3, 0.4) is 0 Å². The fourth-order valence-electron chi connectivity index (χ4n) is 3.66. The van der Waals surface area contributed by atoms with E-state index < -0.39 is 5.82 Å². The van der Waals surface area contributed by atoms with E-state index >= 15 is 0 Å². The van der Waals surface area contributed by atoms with Gasteiger partial charge in [-0.05, 0) is 49.9 Å². The van der Waals surface area contributed by atoms with Crippen molar-refractivity contribution in [3.05, 3.63) is 59.3 Å². The molecular formula is C26H29ClFN5O3. The molecule has 0 atom stereocenters. The molecule has 8 nitrogen and oxygen atoms in total. The number of anilines is 3. The minimum Gasteiger partial charge on any atom is -0.491 e. The smallest absolute Gasteiger partial charge is 0.271 e. The number of carbonyl (C=O) groups is 1. The quantitative estimate of drug-likeness (QED) is 0.333. The van der Waals surface area contributed by atoms with Gasteiger partial charge in [-0.25, -0.2) is 14.4 Å². The van der Waals surface area contributed by atoms with Crippen LogP contribution in [-0.4, -0.2) is 54.7 Å². The molecule has 0 saturated heterocycles. The molecule has 0 bridgehead atoms. The lowest BCUT2D eigenvalue weighted by molar-refractivity contribution is -0.114. The lowest BCUT2D eigenvalue weighted by atomic mass is 10.1. The van der Waals surface area contributed by atoms with Crippen LogP contribution in [0.1, 0.15) is 19.8 Å². The molecule has 1 fully saturated rings. The zero-order valence-corrected chi connectivity index (χ0v) is 21.2. The third-order valence-electron chi connectivity index (χ3n) is 5.89. The Balaban J connectivity index is 1.67. The van der Waals surface area contributed by atoms with Gasteiger partial charge in [0, 0.05) is 37.8 Å². The van der Waals surface area contributed by atoms with Crippen molar-refractivity contribution in [2.24, 2.45) is 5.92 Å². The van der Waals surface area contributed by atoms with Crippen molar-refractivity contribution < 1.29 is 18.7 Å². The Kier molecular flexibility index (Phi) is 8.22. The number of nitrogens with zero attached hydrogens (tertiary/aromatic N) is 3. The van der Waals surface area contributed by atoms with E-state index in [1.165, 1.54) is 18.5 Å². The van der Waals surface area contributed by atoms with Crippen LogP contribution in [-0.2, 0) is 9.53 Å². The number of likely N-dealkylation sites (N-methyl/N-ethyl adjacent to an activating group) is 1. The van der Waals surface area contributed by atoms with E-state index in [9.17, 15) is 9.18 Å². The number of halogens is 2. The molecule has 1 aliphatic carbocycles. The van der Waals surface area contributed by atoms with Crippen LogP contribution in [0, 0.1) is 11.7 Å². The van der Waals surface area contributed by atoms with Gasteiger partial charge in [0.2, 0.25) is 0 Å². The normalized spacial score (nSPS) is 13.5. The summed E-state index contributed by atoms with van der Waals surface area (Å²) in [4.78, 5) is 23.8. The molecule has 0 radical (unpaired) electrons. The number of carbonyl (C=O) groups excluding carboxylic acids is 1. The fourth-order valence-corrected chi connectivity index (χ4v) is 3.84. The minimum atomic E-state index is -0.507. The second kappa shape index (κ2) is 11.5. The highest BCUT2D eigenvalue weighted by Gasteiger charge is 2.24. The minimum absolute atomic E-state index is 0.00134. The van der Waals surface area contributed by atoms with Crippen LogP contribution in [0.4, 0.5) is 21.6 Å². The van der Waals surface area contributed by atoms with E-state index in [2.05, 4.69) is 20.6 Å². The summed E-state index contributed by atoms with van der Waals surface area (Å²) < 4.78 is 24.8. The van der Waals surface area contributed by atoms with Crippen molar-refractivity contribution in [3.8, 4) is 5.75 Å². The largest absolute Gasteiger partial charge is 0.491 e. The number of rotatable bonds is 11. The third kappa shape index (κ3) is 6.22. The Bertz CT molecular complexity index is 1280. The van der Waals surface area contributed by atoms with E-state index in [1.54, 1.807) is 31.4 Å². The number of hydrogen-bond donors (Lipinski definition) is 2. The van der Waals surface area contributed by atoms with Crippen LogP contribution in [0.25, 0.3) is 10.9 Å². The first kappa shape index (κ1) is 25.7. The van der Waals surface area contributed by atoms with E-state index in [1.807, 2.05) is 18.9 Å². The highest BCUT2D eigenvalue weighted by atomic mass is 35.5. The number of hydrogen-bond acceptors (Lipinski definition) is 7. The van der Waals surface area contributed by atoms with Crippen molar-refractivity contribution in [1.29, 1.82) is 0 Å². The maximum atomic E-state index is 13.6. The second-order valence-electron chi connectivity index (χ2n) is 8.64. The summed E-state index contributed by atoms with van der Waals surface area (Å²) in [7, 11) is 3.46. The second-order valence-corrected chi connectivity index (χ2v) is 9.05. The highest BCUT2D eigenvalue weighted by molar-refractivity contribution is 6.31. The fraction of sp³-hybridized carbons (Fsp3) is 0.346. The molecule has 10 heteroatoms. The van der Waals surface area contributed by atoms with Gasteiger partial charge in [0.15, 0.2) is 0 Å². The first-order valence-electron chi connectivity index (χ1n) is 11.7. The topological polar surface area (TPSA) is 88.6 Å². The maximum Gasteiger partial charge on any atom is 0.271 e. The van der Waals surface area contributed by atoms with E-state index in [-0.39, 0.29) is 10.9 Å². The van der Waals surface area contributed by atoms with Crippen LogP contribution in [0.15, 0.2) is 48.4 Å². The zero-order valence-electron chi connectivity index (χ0n) is 20.5. The van der Waals surface area contributed by atoms with Crippen molar-refractivity contribution in [2.75, 3.05) is 44.5 Å². The van der Waals surface area contributed by atoms with E-state index in [0.717, 1.165) is 12.8 Å². The molecule has 2 N–H and O–H groups in total. The summed E-state index contributed by atoms with van der Waals surface area (Å²) in [5, 5.41) is 6.81. The Morgan fingerprint density at radius 3 is 2.78 bits per heavy atom. The van der Waals surface area contributed by atoms with Gasteiger partial charge >= 0.3 is 0 Å². The number of ether oxygens (including phenoxy) is 2. The molecular weight excluding hydrogens is 485 g/mol. The van der Waals surface area contributed by atoms with Gasteiger partial charge in [-0.3, -0.25) is 4.79 Å². The molecule has 0 aliphatic heterocycles. The third-order valence-corrected chi connectivity index (χ3v) is 6.18. The van der Waals surface area contributed by atoms with Crippen molar-refractivity contribution in [3.63, 3.8) is 0 Å². The number of nitrogens with one attached hydrogen (secondary N) is 2.